The van der Waals surface area contributed by atoms with Crippen molar-refractivity contribution >= 4 is 51.4 Å². The second-order valence-electron chi connectivity index (χ2n) is 7.24. The zero-order chi connectivity index (χ0) is 20.4. The number of carbonyl (C=O) groups is 1. The number of rotatable bonds is 9. The van der Waals surface area contributed by atoms with Gasteiger partial charge >= 0.3 is 0 Å². The molecule has 1 rings (SSSR count). The van der Waals surface area contributed by atoms with Crippen LogP contribution in [0.4, 0.5) is 5.69 Å². The van der Waals surface area contributed by atoms with Crippen molar-refractivity contribution in [3.63, 3.8) is 0 Å². The van der Waals surface area contributed by atoms with Crippen LogP contribution in [0.5, 0.6) is 0 Å². The second-order valence-corrected chi connectivity index (χ2v) is 9.50. The first kappa shape index (κ1) is 26.6. The number of nitrogens with one attached hydrogen (secondary N) is 3. The first-order valence-corrected chi connectivity index (χ1v) is 11.2. The highest BCUT2D eigenvalue weighted by atomic mass is 127. The van der Waals surface area contributed by atoms with E-state index in [1.807, 2.05) is 45.0 Å². The van der Waals surface area contributed by atoms with Crippen molar-refractivity contribution in [3.8, 4) is 0 Å². The summed E-state index contributed by atoms with van der Waals surface area (Å²) in [6.45, 7) is 6.47. The van der Waals surface area contributed by atoms with Crippen LogP contribution in [0.3, 0.4) is 0 Å². The number of guanidine groups is 1. The molecule has 0 aliphatic heterocycles. The van der Waals surface area contributed by atoms with Crippen molar-refractivity contribution in [2.75, 3.05) is 24.4 Å². The van der Waals surface area contributed by atoms with Crippen LogP contribution in [0, 0.1) is 5.92 Å². The van der Waals surface area contributed by atoms with E-state index in [1.165, 1.54) is 6.26 Å². The lowest BCUT2D eigenvalue weighted by Gasteiger charge is -2.18. The third-order valence-corrected chi connectivity index (χ3v) is 4.77. The Morgan fingerprint density at radius 3 is 2.46 bits per heavy atom. The molecule has 1 aromatic rings. The molecule has 0 spiro atoms. The minimum atomic E-state index is -2.97. The summed E-state index contributed by atoms with van der Waals surface area (Å²) in [6.07, 6.45) is 2.24. The quantitative estimate of drug-likeness (QED) is 0.262. The Bertz CT molecular complexity index is 751. The van der Waals surface area contributed by atoms with Crippen molar-refractivity contribution in [3.05, 3.63) is 29.8 Å². The number of amides is 1. The van der Waals surface area contributed by atoms with E-state index in [9.17, 15) is 13.2 Å². The number of halogens is 1. The molecule has 0 heterocycles. The molecule has 0 aliphatic rings. The van der Waals surface area contributed by atoms with Gasteiger partial charge in [-0.15, -0.1) is 24.0 Å². The van der Waals surface area contributed by atoms with Gasteiger partial charge in [0.15, 0.2) is 5.96 Å². The maximum atomic E-state index is 11.9. The molecule has 0 fully saturated rings. The lowest BCUT2D eigenvalue weighted by molar-refractivity contribution is -0.116. The number of sulfone groups is 1. The maximum Gasteiger partial charge on any atom is 0.224 e. The van der Waals surface area contributed by atoms with Crippen LogP contribution < -0.4 is 16.0 Å². The highest BCUT2D eigenvalue weighted by Gasteiger charge is 2.10. The summed E-state index contributed by atoms with van der Waals surface area (Å²) in [5, 5.41) is 9.29. The number of hydrogen-bond donors (Lipinski definition) is 3. The molecule has 160 valence electrons. The lowest BCUT2D eigenvalue weighted by Crippen LogP contribution is -2.42. The minimum absolute atomic E-state index is 0. The van der Waals surface area contributed by atoms with Crippen molar-refractivity contribution < 1.29 is 13.2 Å². The fourth-order valence-electron chi connectivity index (χ4n) is 2.42. The predicted octanol–water partition coefficient (Wildman–Crippen LogP) is 2.78. The van der Waals surface area contributed by atoms with Crippen LogP contribution in [-0.4, -0.2) is 45.4 Å². The van der Waals surface area contributed by atoms with Crippen LogP contribution in [0.25, 0.3) is 0 Å². The molecule has 0 saturated carbocycles. The molecule has 0 radical (unpaired) electrons. The van der Waals surface area contributed by atoms with Crippen LogP contribution in [-0.2, 0) is 21.2 Å². The van der Waals surface area contributed by atoms with E-state index in [2.05, 4.69) is 20.9 Å². The van der Waals surface area contributed by atoms with E-state index < -0.39 is 9.84 Å². The average Bonchev–Trinajstić information content (AvgIpc) is 2.55. The van der Waals surface area contributed by atoms with Gasteiger partial charge in [0.1, 0.15) is 9.84 Å². The van der Waals surface area contributed by atoms with Gasteiger partial charge in [0.25, 0.3) is 0 Å². The average molecular weight is 524 g/mol. The summed E-state index contributed by atoms with van der Waals surface area (Å²) in [4.78, 5) is 16.1. The Balaban J connectivity index is 0.00000729. The van der Waals surface area contributed by atoms with E-state index in [-0.39, 0.29) is 41.7 Å². The molecule has 3 N–H and O–H groups in total. The van der Waals surface area contributed by atoms with Crippen molar-refractivity contribution in [1.29, 1.82) is 0 Å². The van der Waals surface area contributed by atoms with Gasteiger partial charge in [-0.1, -0.05) is 26.0 Å². The summed E-state index contributed by atoms with van der Waals surface area (Å²) < 4.78 is 22.5. The summed E-state index contributed by atoms with van der Waals surface area (Å²) >= 11 is 0. The summed E-state index contributed by atoms with van der Waals surface area (Å²) in [5.41, 5.74) is 1.77. The van der Waals surface area contributed by atoms with Crippen molar-refractivity contribution in [2.45, 2.75) is 46.2 Å². The number of nitrogens with zero attached hydrogens (tertiary/aromatic N) is 1. The third-order valence-electron chi connectivity index (χ3n) is 3.79. The zero-order valence-electron chi connectivity index (χ0n) is 17.3. The molecule has 1 atom stereocenters. The van der Waals surface area contributed by atoms with E-state index >= 15 is 0 Å². The van der Waals surface area contributed by atoms with Crippen molar-refractivity contribution in [1.82, 2.24) is 10.6 Å². The number of aliphatic imine (C=N–C) groups is 1. The normalized spacial score (nSPS) is 12.9. The van der Waals surface area contributed by atoms with Gasteiger partial charge in [0.05, 0.1) is 5.75 Å². The monoisotopic (exact) mass is 524 g/mol. The Kier molecular flexibility index (Phi) is 12.3. The number of carbonyl (C=O) groups excluding carboxylic acids is 1. The second kappa shape index (κ2) is 13.0. The topological polar surface area (TPSA) is 99.7 Å². The predicted molar refractivity (Wildman–Crippen MR) is 127 cm³/mol. The molecule has 9 heteroatoms. The van der Waals surface area contributed by atoms with Gasteiger partial charge in [0, 0.05) is 38.0 Å². The largest absolute Gasteiger partial charge is 0.354 e. The van der Waals surface area contributed by atoms with Gasteiger partial charge in [-0.2, -0.15) is 0 Å². The molecule has 1 unspecified atom stereocenters. The van der Waals surface area contributed by atoms with E-state index in [0.29, 0.717) is 31.3 Å². The van der Waals surface area contributed by atoms with Crippen LogP contribution >= 0.6 is 24.0 Å². The highest BCUT2D eigenvalue weighted by molar-refractivity contribution is 14.0. The van der Waals surface area contributed by atoms with Gasteiger partial charge in [-0.25, -0.2) is 8.42 Å². The van der Waals surface area contributed by atoms with Crippen LogP contribution in [0.2, 0.25) is 0 Å². The summed E-state index contributed by atoms with van der Waals surface area (Å²) in [7, 11) is -1.31. The first-order chi connectivity index (χ1) is 12.6. The molecule has 0 saturated heterocycles. The molecule has 7 nitrogen and oxygen atoms in total. The van der Waals surface area contributed by atoms with Gasteiger partial charge < -0.3 is 16.0 Å². The Labute approximate surface area is 186 Å². The molecular formula is C19H33IN4O3S. The Morgan fingerprint density at radius 1 is 1.21 bits per heavy atom. The number of anilines is 1. The summed E-state index contributed by atoms with van der Waals surface area (Å²) in [5.74, 6) is 1.06. The maximum absolute atomic E-state index is 11.9. The molecule has 1 aromatic carbocycles. The standard InChI is InChI=1S/C19H32N4O3S.HI/c1-14(2)11-18(24)23-17-8-6-7-16(12-17)13-21-19(20-4)22-15(3)9-10-27(5,25)26;/h6-8,12,14-15H,9-11,13H2,1-5H3,(H,23,24)(H2,20,21,22);1H. The molecule has 1 amide bonds. The molecule has 0 aliphatic carbocycles. The van der Waals surface area contributed by atoms with E-state index in [1.54, 1.807) is 7.05 Å². The van der Waals surface area contributed by atoms with E-state index in [4.69, 9.17) is 0 Å². The molecule has 28 heavy (non-hydrogen) atoms. The van der Waals surface area contributed by atoms with Crippen LogP contribution in [0.1, 0.15) is 39.2 Å². The smallest absolute Gasteiger partial charge is 0.224 e. The minimum Gasteiger partial charge on any atom is -0.354 e. The fraction of sp³-hybridized carbons (Fsp3) is 0.579. The molecule has 0 aromatic heterocycles. The SMILES string of the molecule is CN=C(NCc1cccc(NC(=O)CC(C)C)c1)NC(C)CCS(C)(=O)=O.I. The molecule has 0 bridgehead atoms. The van der Waals surface area contributed by atoms with E-state index in [0.717, 1.165) is 11.3 Å². The zero-order valence-corrected chi connectivity index (χ0v) is 20.4. The third kappa shape index (κ3) is 12.2. The lowest BCUT2D eigenvalue weighted by atomic mass is 10.1. The van der Waals surface area contributed by atoms with Gasteiger partial charge in [0.2, 0.25) is 5.91 Å². The number of hydrogen-bond acceptors (Lipinski definition) is 4. The summed E-state index contributed by atoms with van der Waals surface area (Å²) in [6, 6.07) is 7.62. The van der Waals surface area contributed by atoms with Gasteiger partial charge in [-0.05, 0) is 37.0 Å². The van der Waals surface area contributed by atoms with Crippen LogP contribution in [0.15, 0.2) is 29.3 Å². The molecular weight excluding hydrogens is 491 g/mol. The number of benzene rings is 1. The van der Waals surface area contributed by atoms with Crippen molar-refractivity contribution in [2.24, 2.45) is 10.9 Å². The van der Waals surface area contributed by atoms with Gasteiger partial charge in [-0.3, -0.25) is 9.79 Å². The highest BCUT2D eigenvalue weighted by Crippen LogP contribution is 2.12. The Hall–Kier alpha value is -1.36. The fourth-order valence-corrected chi connectivity index (χ4v) is 3.20. The Morgan fingerprint density at radius 2 is 1.89 bits per heavy atom. The first-order valence-electron chi connectivity index (χ1n) is 9.12.